The molecule has 0 aliphatic carbocycles. The van der Waals surface area contributed by atoms with E-state index < -0.39 is 0 Å². The Bertz CT molecular complexity index is 717. The Labute approximate surface area is 142 Å². The Kier molecular flexibility index (Phi) is 4.71. The van der Waals surface area contributed by atoms with Crippen LogP contribution in [-0.2, 0) is 12.8 Å². The van der Waals surface area contributed by atoms with Gasteiger partial charge in [0.05, 0.1) is 27.7 Å². The second-order valence-electron chi connectivity index (χ2n) is 5.84. The number of benzene rings is 1. The summed E-state index contributed by atoms with van der Waals surface area (Å²) in [6.45, 7) is 5.80. The van der Waals surface area contributed by atoms with E-state index in [9.17, 15) is 4.79 Å². The molecule has 1 aliphatic rings. The molecule has 1 aromatic carbocycles. The maximum atomic E-state index is 13.0. The number of amides is 1. The van der Waals surface area contributed by atoms with Crippen LogP contribution in [0.25, 0.3) is 5.69 Å². The summed E-state index contributed by atoms with van der Waals surface area (Å²) in [5.41, 5.74) is 3.42. The van der Waals surface area contributed by atoms with E-state index in [-0.39, 0.29) is 5.91 Å². The molecule has 122 valence electrons. The smallest absolute Gasteiger partial charge is 0.257 e. The van der Waals surface area contributed by atoms with Gasteiger partial charge in [0, 0.05) is 13.1 Å². The van der Waals surface area contributed by atoms with Crippen molar-refractivity contribution in [2.24, 2.45) is 0 Å². The van der Waals surface area contributed by atoms with Crippen LogP contribution in [0.4, 0.5) is 0 Å². The summed E-state index contributed by atoms with van der Waals surface area (Å²) < 4.78 is 1.85. The molecule has 5 heteroatoms. The Balaban J connectivity index is 2.12. The van der Waals surface area contributed by atoms with Crippen LogP contribution >= 0.6 is 11.6 Å². The Hall–Kier alpha value is -1.81. The fourth-order valence-electron chi connectivity index (χ4n) is 3.23. The van der Waals surface area contributed by atoms with Crippen molar-refractivity contribution in [2.75, 3.05) is 13.1 Å². The predicted octanol–water partition coefficient (Wildman–Crippen LogP) is 3.89. The molecule has 0 bridgehead atoms. The van der Waals surface area contributed by atoms with E-state index in [2.05, 4.69) is 6.92 Å². The Morgan fingerprint density at radius 3 is 2.48 bits per heavy atom. The minimum absolute atomic E-state index is 0.120. The molecule has 0 spiro atoms. The normalized spacial score (nSPS) is 14.5. The highest BCUT2D eigenvalue weighted by Crippen LogP contribution is 2.27. The summed E-state index contributed by atoms with van der Waals surface area (Å²) in [6.07, 6.45) is 3.66. The lowest BCUT2D eigenvalue weighted by molar-refractivity contribution is 0.0790. The highest BCUT2D eigenvalue weighted by Gasteiger charge is 2.28. The summed E-state index contributed by atoms with van der Waals surface area (Å²) in [4.78, 5) is 14.9. The van der Waals surface area contributed by atoms with Gasteiger partial charge < -0.3 is 4.90 Å². The Morgan fingerprint density at radius 1 is 1.17 bits per heavy atom. The van der Waals surface area contributed by atoms with Gasteiger partial charge in [-0.05, 0) is 37.8 Å². The van der Waals surface area contributed by atoms with Crippen LogP contribution in [-0.4, -0.2) is 33.7 Å². The maximum Gasteiger partial charge on any atom is 0.257 e. The lowest BCUT2D eigenvalue weighted by Crippen LogP contribution is -2.29. The van der Waals surface area contributed by atoms with E-state index in [1.54, 1.807) is 0 Å². The van der Waals surface area contributed by atoms with E-state index in [1.165, 1.54) is 0 Å². The number of hydrogen-bond acceptors (Lipinski definition) is 2. The summed E-state index contributed by atoms with van der Waals surface area (Å²) in [5.74, 6) is 0.120. The molecule has 23 heavy (non-hydrogen) atoms. The second kappa shape index (κ2) is 6.75. The lowest BCUT2D eigenvalue weighted by Gasteiger charge is -2.16. The van der Waals surface area contributed by atoms with E-state index in [1.807, 2.05) is 40.8 Å². The zero-order valence-electron chi connectivity index (χ0n) is 13.7. The predicted molar refractivity (Wildman–Crippen MR) is 92.5 cm³/mol. The number of carbonyl (C=O) groups is 1. The average Bonchev–Trinajstić information content (AvgIpc) is 3.22. The van der Waals surface area contributed by atoms with Crippen molar-refractivity contribution >= 4 is 17.5 Å². The molecule has 3 rings (SSSR count). The zero-order chi connectivity index (χ0) is 16.4. The maximum absolute atomic E-state index is 13.0. The standard InChI is InChI=1S/C18H22ClN3O/c1-3-14-17(18(23)21-11-7-8-12-21)15(4-2)22(20-14)16-10-6-5-9-13(16)19/h5-6,9-10H,3-4,7-8,11-12H2,1-2H3. The summed E-state index contributed by atoms with van der Waals surface area (Å²) in [5, 5.41) is 5.35. The number of halogens is 1. The topological polar surface area (TPSA) is 38.1 Å². The van der Waals surface area contributed by atoms with E-state index in [4.69, 9.17) is 16.7 Å². The second-order valence-corrected chi connectivity index (χ2v) is 6.25. The third-order valence-corrected chi connectivity index (χ3v) is 4.73. The van der Waals surface area contributed by atoms with Gasteiger partial charge in [-0.15, -0.1) is 0 Å². The van der Waals surface area contributed by atoms with Crippen LogP contribution in [0.3, 0.4) is 0 Å². The van der Waals surface area contributed by atoms with Gasteiger partial charge in [0.25, 0.3) is 5.91 Å². The van der Waals surface area contributed by atoms with Crippen LogP contribution in [0, 0.1) is 0 Å². The third-order valence-electron chi connectivity index (χ3n) is 4.41. The first kappa shape index (κ1) is 16.1. The first-order chi connectivity index (χ1) is 11.2. The summed E-state index contributed by atoms with van der Waals surface area (Å²) >= 11 is 6.34. The van der Waals surface area contributed by atoms with Gasteiger partial charge in [0.2, 0.25) is 0 Å². The van der Waals surface area contributed by atoms with Gasteiger partial charge in [0.15, 0.2) is 0 Å². The van der Waals surface area contributed by atoms with Crippen LogP contribution < -0.4 is 0 Å². The number of nitrogens with zero attached hydrogens (tertiary/aromatic N) is 3. The van der Waals surface area contributed by atoms with Crippen LogP contribution in [0.5, 0.6) is 0 Å². The molecule has 4 nitrogen and oxygen atoms in total. The molecule has 1 fully saturated rings. The third kappa shape index (κ3) is 2.88. The minimum atomic E-state index is 0.120. The van der Waals surface area contributed by atoms with Crippen molar-refractivity contribution in [1.29, 1.82) is 0 Å². The Morgan fingerprint density at radius 2 is 1.87 bits per heavy atom. The van der Waals surface area contributed by atoms with Crippen LogP contribution in [0.2, 0.25) is 5.02 Å². The summed E-state index contributed by atoms with van der Waals surface area (Å²) in [6, 6.07) is 7.64. The summed E-state index contributed by atoms with van der Waals surface area (Å²) in [7, 11) is 0. The number of aromatic nitrogens is 2. The molecule has 1 amide bonds. The molecule has 1 aromatic heterocycles. The molecule has 0 atom stereocenters. The largest absolute Gasteiger partial charge is 0.339 e. The number of likely N-dealkylation sites (tertiary alicyclic amines) is 1. The number of para-hydroxylation sites is 1. The van der Waals surface area contributed by atoms with Gasteiger partial charge in [-0.3, -0.25) is 4.79 Å². The van der Waals surface area contributed by atoms with Crippen molar-refractivity contribution in [3.8, 4) is 5.69 Å². The number of carbonyl (C=O) groups excluding carboxylic acids is 1. The molecule has 1 saturated heterocycles. The van der Waals surface area contributed by atoms with Gasteiger partial charge in [0.1, 0.15) is 0 Å². The minimum Gasteiger partial charge on any atom is -0.339 e. The monoisotopic (exact) mass is 331 g/mol. The molecular weight excluding hydrogens is 310 g/mol. The molecular formula is C18H22ClN3O. The molecule has 0 N–H and O–H groups in total. The quantitative estimate of drug-likeness (QED) is 0.852. The van der Waals surface area contributed by atoms with Gasteiger partial charge in [-0.2, -0.15) is 5.10 Å². The molecule has 1 aliphatic heterocycles. The van der Waals surface area contributed by atoms with E-state index in [0.29, 0.717) is 5.02 Å². The first-order valence-corrected chi connectivity index (χ1v) is 8.70. The first-order valence-electron chi connectivity index (χ1n) is 8.32. The van der Waals surface area contributed by atoms with Gasteiger partial charge >= 0.3 is 0 Å². The van der Waals surface area contributed by atoms with Crippen molar-refractivity contribution in [3.63, 3.8) is 0 Å². The van der Waals surface area contributed by atoms with E-state index >= 15 is 0 Å². The van der Waals surface area contributed by atoms with Crippen LogP contribution in [0.1, 0.15) is 48.4 Å². The molecule has 2 heterocycles. The molecule has 0 saturated carbocycles. The average molecular weight is 332 g/mol. The van der Waals surface area contributed by atoms with Gasteiger partial charge in [-0.1, -0.05) is 37.6 Å². The van der Waals surface area contributed by atoms with Crippen LogP contribution in [0.15, 0.2) is 24.3 Å². The van der Waals surface area contributed by atoms with E-state index in [0.717, 1.165) is 61.4 Å². The molecule has 0 radical (unpaired) electrons. The lowest BCUT2D eigenvalue weighted by atomic mass is 10.1. The van der Waals surface area contributed by atoms with Crippen molar-refractivity contribution in [3.05, 3.63) is 46.2 Å². The zero-order valence-corrected chi connectivity index (χ0v) is 14.4. The number of aryl methyl sites for hydroxylation is 1. The number of hydrogen-bond donors (Lipinski definition) is 0. The molecule has 0 unspecified atom stereocenters. The highest BCUT2D eigenvalue weighted by molar-refractivity contribution is 6.32. The molecule has 2 aromatic rings. The fraction of sp³-hybridized carbons (Fsp3) is 0.444. The van der Waals surface area contributed by atoms with Crippen molar-refractivity contribution in [2.45, 2.75) is 39.5 Å². The highest BCUT2D eigenvalue weighted by atomic mass is 35.5. The van der Waals surface area contributed by atoms with Gasteiger partial charge in [-0.25, -0.2) is 4.68 Å². The fourth-order valence-corrected chi connectivity index (χ4v) is 3.44. The van der Waals surface area contributed by atoms with Crippen molar-refractivity contribution in [1.82, 2.24) is 14.7 Å². The SMILES string of the molecule is CCc1nn(-c2ccccc2Cl)c(CC)c1C(=O)N1CCCC1. The number of rotatable bonds is 4. The van der Waals surface area contributed by atoms with Crippen molar-refractivity contribution < 1.29 is 4.79 Å².